The van der Waals surface area contributed by atoms with Crippen molar-refractivity contribution < 1.29 is 17.9 Å². The lowest BCUT2D eigenvalue weighted by atomic mass is 10.1. The Morgan fingerprint density at radius 1 is 1.06 bits per heavy atom. The zero-order chi connectivity index (χ0) is 23.3. The smallest absolute Gasteiger partial charge is 0.264 e. The van der Waals surface area contributed by atoms with Crippen LogP contribution in [0.1, 0.15) is 24.1 Å². The summed E-state index contributed by atoms with van der Waals surface area (Å²) in [4.78, 5) is 13.0. The summed E-state index contributed by atoms with van der Waals surface area (Å²) < 4.78 is 33.2. The fraction of sp³-hybridized carbons (Fsp3) is 0.208. The molecular formula is C24H25ClN2O4S. The van der Waals surface area contributed by atoms with Crippen LogP contribution < -0.4 is 14.4 Å². The largest absolute Gasteiger partial charge is 0.496 e. The number of nitrogens with zero attached hydrogens (tertiary/aromatic N) is 1. The number of nitrogens with one attached hydrogen (secondary N) is 1. The van der Waals surface area contributed by atoms with Gasteiger partial charge >= 0.3 is 0 Å². The van der Waals surface area contributed by atoms with Crippen LogP contribution in [0, 0.1) is 6.92 Å². The number of halogens is 1. The number of methoxy groups -OCH3 is 1. The van der Waals surface area contributed by atoms with Crippen LogP contribution >= 0.6 is 11.6 Å². The molecule has 1 N–H and O–H groups in total. The average molecular weight is 473 g/mol. The predicted molar refractivity (Wildman–Crippen MR) is 127 cm³/mol. The number of carbonyl (C=O) groups excluding carboxylic acids is 1. The first-order chi connectivity index (χ1) is 15.2. The Balaban J connectivity index is 1.92. The fourth-order valence-electron chi connectivity index (χ4n) is 3.29. The highest BCUT2D eigenvalue weighted by molar-refractivity contribution is 7.92. The Morgan fingerprint density at radius 2 is 1.72 bits per heavy atom. The van der Waals surface area contributed by atoms with Gasteiger partial charge in [0, 0.05) is 10.6 Å². The fourth-order valence-corrected chi connectivity index (χ4v) is 4.90. The number of amides is 1. The molecule has 1 atom stereocenters. The lowest BCUT2D eigenvalue weighted by Gasteiger charge is -2.26. The average Bonchev–Trinajstić information content (AvgIpc) is 2.79. The summed E-state index contributed by atoms with van der Waals surface area (Å²) in [6, 6.07) is 19.9. The number of hydrogen-bond donors (Lipinski definition) is 1. The number of rotatable bonds is 8. The van der Waals surface area contributed by atoms with Crippen molar-refractivity contribution in [3.8, 4) is 5.75 Å². The molecule has 0 bridgehead atoms. The van der Waals surface area contributed by atoms with Gasteiger partial charge in [-0.25, -0.2) is 8.42 Å². The molecule has 0 aliphatic rings. The van der Waals surface area contributed by atoms with Crippen LogP contribution in [0.15, 0.2) is 77.7 Å². The number of anilines is 1. The molecule has 1 amide bonds. The molecule has 0 aromatic heterocycles. The number of hydrogen-bond acceptors (Lipinski definition) is 4. The van der Waals surface area contributed by atoms with E-state index in [0.717, 1.165) is 15.4 Å². The molecule has 168 valence electrons. The molecule has 6 nitrogen and oxygen atoms in total. The van der Waals surface area contributed by atoms with Crippen LogP contribution in [-0.2, 0) is 14.8 Å². The molecule has 0 aliphatic heterocycles. The normalized spacial score (nSPS) is 12.1. The van der Waals surface area contributed by atoms with E-state index < -0.39 is 22.5 Å². The molecule has 3 aromatic rings. The van der Waals surface area contributed by atoms with Crippen molar-refractivity contribution >= 4 is 33.2 Å². The molecule has 0 heterocycles. The van der Waals surface area contributed by atoms with E-state index in [1.807, 2.05) is 32.0 Å². The molecule has 1 unspecified atom stereocenters. The highest BCUT2D eigenvalue weighted by Gasteiger charge is 2.28. The maximum absolute atomic E-state index is 13.4. The Morgan fingerprint density at radius 3 is 2.38 bits per heavy atom. The summed E-state index contributed by atoms with van der Waals surface area (Å²) in [7, 11) is -2.44. The van der Waals surface area contributed by atoms with Crippen LogP contribution in [-0.4, -0.2) is 28.0 Å². The second-order valence-electron chi connectivity index (χ2n) is 7.29. The maximum atomic E-state index is 13.4. The quantitative estimate of drug-likeness (QED) is 0.514. The summed E-state index contributed by atoms with van der Waals surface area (Å²) in [6.07, 6.45) is 0. The van der Waals surface area contributed by atoms with Crippen LogP contribution in [0.2, 0.25) is 5.02 Å². The Labute approximate surface area is 193 Å². The number of para-hydroxylation sites is 1. The van der Waals surface area contributed by atoms with Gasteiger partial charge < -0.3 is 10.1 Å². The van der Waals surface area contributed by atoms with Gasteiger partial charge in [0.25, 0.3) is 10.0 Å². The summed E-state index contributed by atoms with van der Waals surface area (Å²) in [5.41, 5.74) is 1.91. The molecular weight excluding hydrogens is 448 g/mol. The van der Waals surface area contributed by atoms with E-state index in [-0.39, 0.29) is 10.9 Å². The second-order valence-corrected chi connectivity index (χ2v) is 9.56. The first kappa shape index (κ1) is 23.6. The van der Waals surface area contributed by atoms with Crippen molar-refractivity contribution in [1.29, 1.82) is 0 Å². The topological polar surface area (TPSA) is 75.7 Å². The summed E-state index contributed by atoms with van der Waals surface area (Å²) in [6.45, 7) is 3.23. The van der Waals surface area contributed by atoms with Crippen LogP contribution in [0.4, 0.5) is 5.69 Å². The van der Waals surface area contributed by atoms with Crippen molar-refractivity contribution in [1.82, 2.24) is 5.32 Å². The first-order valence-corrected chi connectivity index (χ1v) is 11.8. The maximum Gasteiger partial charge on any atom is 0.264 e. The van der Waals surface area contributed by atoms with E-state index in [0.29, 0.717) is 16.5 Å². The number of ether oxygens (including phenoxy) is 1. The van der Waals surface area contributed by atoms with Gasteiger partial charge in [-0.05, 0) is 49.7 Å². The molecule has 3 rings (SSSR count). The minimum absolute atomic E-state index is 0.0854. The monoisotopic (exact) mass is 472 g/mol. The Bertz CT molecular complexity index is 1200. The van der Waals surface area contributed by atoms with Crippen LogP contribution in [0.5, 0.6) is 5.75 Å². The van der Waals surface area contributed by atoms with E-state index in [4.69, 9.17) is 16.3 Å². The highest BCUT2D eigenvalue weighted by Crippen LogP contribution is 2.28. The highest BCUT2D eigenvalue weighted by atomic mass is 35.5. The molecule has 0 radical (unpaired) electrons. The van der Waals surface area contributed by atoms with Gasteiger partial charge in [0.15, 0.2) is 0 Å². The predicted octanol–water partition coefficient (Wildman–Crippen LogP) is 4.73. The van der Waals surface area contributed by atoms with Gasteiger partial charge in [0.2, 0.25) is 5.91 Å². The van der Waals surface area contributed by atoms with Crippen molar-refractivity contribution in [2.45, 2.75) is 24.8 Å². The summed E-state index contributed by atoms with van der Waals surface area (Å²) in [5.74, 6) is 0.180. The third kappa shape index (κ3) is 5.23. The van der Waals surface area contributed by atoms with Crippen molar-refractivity contribution in [2.24, 2.45) is 0 Å². The standard InChI is InChI=1S/C24H25ClN2O4S/c1-17-13-14-19(15-22(17)25)27(32(29,30)20-9-5-4-6-10-20)16-24(28)26-18(2)21-11-7-8-12-23(21)31-3/h4-15,18H,16H2,1-3H3,(H,26,28). The lowest BCUT2D eigenvalue weighted by Crippen LogP contribution is -2.41. The third-order valence-electron chi connectivity index (χ3n) is 5.04. The Hall–Kier alpha value is -3.03. The number of aryl methyl sites for hydroxylation is 1. The number of benzene rings is 3. The molecule has 32 heavy (non-hydrogen) atoms. The van der Waals surface area contributed by atoms with Gasteiger partial charge in [-0.3, -0.25) is 9.10 Å². The van der Waals surface area contributed by atoms with Gasteiger partial charge in [-0.2, -0.15) is 0 Å². The molecule has 0 saturated heterocycles. The van der Waals surface area contributed by atoms with Gasteiger partial charge in [-0.15, -0.1) is 0 Å². The molecule has 0 aliphatic carbocycles. The van der Waals surface area contributed by atoms with Gasteiger partial charge in [0.05, 0.1) is 23.7 Å². The minimum Gasteiger partial charge on any atom is -0.496 e. The third-order valence-corrected chi connectivity index (χ3v) is 7.24. The molecule has 0 spiro atoms. The molecule has 3 aromatic carbocycles. The van der Waals surface area contributed by atoms with Crippen molar-refractivity contribution in [2.75, 3.05) is 18.0 Å². The number of sulfonamides is 1. The number of carbonyl (C=O) groups is 1. The second kappa shape index (κ2) is 10.1. The van der Waals surface area contributed by atoms with Gasteiger partial charge in [-0.1, -0.05) is 54.1 Å². The zero-order valence-corrected chi connectivity index (χ0v) is 19.7. The van der Waals surface area contributed by atoms with E-state index in [9.17, 15) is 13.2 Å². The van der Waals surface area contributed by atoms with E-state index in [1.165, 1.54) is 12.1 Å². The zero-order valence-electron chi connectivity index (χ0n) is 18.1. The van der Waals surface area contributed by atoms with E-state index in [1.54, 1.807) is 49.6 Å². The SMILES string of the molecule is COc1ccccc1C(C)NC(=O)CN(c1ccc(C)c(Cl)c1)S(=O)(=O)c1ccccc1. The molecule has 0 fully saturated rings. The van der Waals surface area contributed by atoms with Gasteiger partial charge in [0.1, 0.15) is 12.3 Å². The summed E-state index contributed by atoms with van der Waals surface area (Å²) >= 11 is 6.25. The van der Waals surface area contributed by atoms with Crippen molar-refractivity contribution in [3.63, 3.8) is 0 Å². The van der Waals surface area contributed by atoms with Crippen LogP contribution in [0.25, 0.3) is 0 Å². The van der Waals surface area contributed by atoms with Crippen LogP contribution in [0.3, 0.4) is 0 Å². The Kier molecular flexibility index (Phi) is 7.43. The minimum atomic E-state index is -4.00. The lowest BCUT2D eigenvalue weighted by molar-refractivity contribution is -0.120. The van der Waals surface area contributed by atoms with Crippen molar-refractivity contribution in [3.05, 3.63) is 88.9 Å². The van der Waals surface area contributed by atoms with E-state index >= 15 is 0 Å². The first-order valence-electron chi connectivity index (χ1n) is 10.00. The molecule has 8 heteroatoms. The van der Waals surface area contributed by atoms with E-state index in [2.05, 4.69) is 5.32 Å². The summed E-state index contributed by atoms with van der Waals surface area (Å²) in [5, 5.41) is 3.28. The molecule has 0 saturated carbocycles.